The van der Waals surface area contributed by atoms with E-state index in [1.54, 1.807) is 0 Å². The molecular formula is C15H29NO. The Kier molecular flexibility index (Phi) is 3.11. The average molecular weight is 239 g/mol. The zero-order chi connectivity index (χ0) is 12.9. The van der Waals surface area contributed by atoms with E-state index in [9.17, 15) is 5.11 Å². The molecule has 0 saturated heterocycles. The Labute approximate surface area is 106 Å². The molecule has 0 spiro atoms. The summed E-state index contributed by atoms with van der Waals surface area (Å²) in [5.74, 6) is 0.733. The molecule has 2 bridgehead atoms. The van der Waals surface area contributed by atoms with E-state index in [2.05, 4.69) is 39.8 Å². The molecule has 2 rings (SSSR count). The summed E-state index contributed by atoms with van der Waals surface area (Å²) in [6, 6.07) is 0. The first kappa shape index (κ1) is 13.4. The summed E-state index contributed by atoms with van der Waals surface area (Å²) in [4.78, 5) is 2.21. The van der Waals surface area contributed by atoms with Gasteiger partial charge in [0.15, 0.2) is 0 Å². The van der Waals surface area contributed by atoms with Gasteiger partial charge in [0, 0.05) is 0 Å². The zero-order valence-electron chi connectivity index (χ0n) is 12.2. The van der Waals surface area contributed by atoms with Crippen LogP contribution in [-0.4, -0.2) is 36.2 Å². The molecule has 0 heterocycles. The zero-order valence-corrected chi connectivity index (χ0v) is 12.2. The first-order valence-corrected chi connectivity index (χ1v) is 7.10. The number of nitrogens with zero attached hydrogens (tertiary/aromatic N) is 1. The second-order valence-electron chi connectivity index (χ2n) is 7.49. The van der Waals surface area contributed by atoms with Gasteiger partial charge in [-0.05, 0) is 69.5 Å². The molecule has 2 nitrogen and oxygen atoms in total. The number of fused-ring (bicyclic) bond motifs is 2. The minimum atomic E-state index is -0.446. The topological polar surface area (TPSA) is 23.5 Å². The van der Waals surface area contributed by atoms with Gasteiger partial charge in [-0.1, -0.05) is 20.8 Å². The van der Waals surface area contributed by atoms with Crippen LogP contribution >= 0.6 is 0 Å². The van der Waals surface area contributed by atoms with Gasteiger partial charge in [-0.2, -0.15) is 0 Å². The van der Waals surface area contributed by atoms with Gasteiger partial charge >= 0.3 is 0 Å². The van der Waals surface area contributed by atoms with Crippen LogP contribution in [0, 0.1) is 16.7 Å². The molecule has 2 aliphatic carbocycles. The summed E-state index contributed by atoms with van der Waals surface area (Å²) in [6.07, 6.45) is 5.85. The molecule has 0 aromatic carbocycles. The lowest BCUT2D eigenvalue weighted by Gasteiger charge is -2.51. The number of rotatable bonds is 4. The van der Waals surface area contributed by atoms with Crippen molar-refractivity contribution in [1.29, 1.82) is 0 Å². The van der Waals surface area contributed by atoms with Gasteiger partial charge in [-0.15, -0.1) is 0 Å². The van der Waals surface area contributed by atoms with Crippen LogP contribution in [0.5, 0.6) is 0 Å². The van der Waals surface area contributed by atoms with Crippen LogP contribution < -0.4 is 0 Å². The van der Waals surface area contributed by atoms with Crippen molar-refractivity contribution in [2.75, 3.05) is 20.6 Å². The number of hydrogen-bond donors (Lipinski definition) is 1. The van der Waals surface area contributed by atoms with E-state index in [0.717, 1.165) is 25.3 Å². The first-order valence-electron chi connectivity index (χ1n) is 7.10. The summed E-state index contributed by atoms with van der Waals surface area (Å²) in [7, 11) is 4.22. The molecule has 0 aliphatic heterocycles. The highest BCUT2D eigenvalue weighted by Crippen LogP contribution is 2.69. The Morgan fingerprint density at radius 2 is 1.88 bits per heavy atom. The normalized spacial score (nSPS) is 43.6. The van der Waals surface area contributed by atoms with Gasteiger partial charge < -0.3 is 10.0 Å². The van der Waals surface area contributed by atoms with E-state index in [1.165, 1.54) is 19.3 Å². The molecule has 2 fully saturated rings. The summed E-state index contributed by atoms with van der Waals surface area (Å²) < 4.78 is 0. The van der Waals surface area contributed by atoms with Crippen molar-refractivity contribution in [2.45, 2.75) is 58.5 Å². The molecule has 2 saturated carbocycles. The van der Waals surface area contributed by atoms with Gasteiger partial charge in [0.25, 0.3) is 0 Å². The largest absolute Gasteiger partial charge is 0.389 e. The fourth-order valence-electron chi connectivity index (χ4n) is 4.62. The molecular weight excluding hydrogens is 210 g/mol. The van der Waals surface area contributed by atoms with Crippen molar-refractivity contribution in [2.24, 2.45) is 16.7 Å². The van der Waals surface area contributed by atoms with Crippen LogP contribution in [0.2, 0.25) is 0 Å². The van der Waals surface area contributed by atoms with Crippen molar-refractivity contribution >= 4 is 0 Å². The number of aliphatic hydroxyl groups is 1. The summed E-state index contributed by atoms with van der Waals surface area (Å²) >= 11 is 0. The minimum Gasteiger partial charge on any atom is -0.389 e. The molecule has 17 heavy (non-hydrogen) atoms. The molecule has 0 radical (unpaired) electrons. The Bertz CT molecular complexity index is 293. The third kappa shape index (κ3) is 1.76. The molecule has 1 N–H and O–H groups in total. The van der Waals surface area contributed by atoms with Crippen LogP contribution in [0.4, 0.5) is 0 Å². The predicted octanol–water partition coefficient (Wildman–Crippen LogP) is 2.91. The van der Waals surface area contributed by atoms with E-state index in [0.29, 0.717) is 0 Å². The fraction of sp³-hybridized carbons (Fsp3) is 1.00. The van der Waals surface area contributed by atoms with Crippen LogP contribution in [0.1, 0.15) is 52.9 Å². The van der Waals surface area contributed by atoms with Crippen molar-refractivity contribution in [3.8, 4) is 0 Å². The van der Waals surface area contributed by atoms with Crippen LogP contribution in [0.3, 0.4) is 0 Å². The molecule has 0 aromatic rings. The standard InChI is InChI=1S/C15H29NO/c1-13(2)12-7-9-14(3,11-12)15(13,17)8-6-10-16(4)5/h12,17H,6-11H2,1-5H3/t12-,14+,15+/m0/s1. The maximum Gasteiger partial charge on any atom is 0.0754 e. The molecule has 2 heteroatoms. The van der Waals surface area contributed by atoms with Crippen molar-refractivity contribution in [3.63, 3.8) is 0 Å². The van der Waals surface area contributed by atoms with Crippen molar-refractivity contribution in [1.82, 2.24) is 4.90 Å². The highest BCUT2D eigenvalue weighted by molar-refractivity contribution is 5.17. The second kappa shape index (κ2) is 3.96. The van der Waals surface area contributed by atoms with Gasteiger partial charge in [-0.3, -0.25) is 0 Å². The van der Waals surface area contributed by atoms with E-state index in [4.69, 9.17) is 0 Å². The van der Waals surface area contributed by atoms with Gasteiger partial charge in [-0.25, -0.2) is 0 Å². The van der Waals surface area contributed by atoms with Gasteiger partial charge in [0.2, 0.25) is 0 Å². The van der Waals surface area contributed by atoms with Gasteiger partial charge in [0.05, 0.1) is 5.60 Å². The van der Waals surface area contributed by atoms with E-state index < -0.39 is 5.60 Å². The maximum atomic E-state index is 11.3. The Morgan fingerprint density at radius 1 is 1.24 bits per heavy atom. The molecule has 2 aliphatic rings. The Morgan fingerprint density at radius 3 is 2.35 bits per heavy atom. The lowest BCUT2D eigenvalue weighted by molar-refractivity contribution is -0.148. The number of hydrogen-bond acceptors (Lipinski definition) is 2. The average Bonchev–Trinajstić information content (AvgIpc) is 2.65. The molecule has 0 unspecified atom stereocenters. The fourth-order valence-corrected chi connectivity index (χ4v) is 4.62. The third-order valence-corrected chi connectivity index (χ3v) is 5.97. The summed E-state index contributed by atoms with van der Waals surface area (Å²) in [5, 5.41) is 11.3. The second-order valence-corrected chi connectivity index (χ2v) is 7.49. The minimum absolute atomic E-state index is 0.103. The van der Waals surface area contributed by atoms with Crippen LogP contribution in [0.25, 0.3) is 0 Å². The van der Waals surface area contributed by atoms with E-state index in [1.807, 2.05) is 0 Å². The SMILES string of the molecule is CN(C)CCC[C@@]1(O)C(C)(C)[C@H]2CC[C@]1(C)C2. The Balaban J connectivity index is 2.11. The monoisotopic (exact) mass is 239 g/mol. The van der Waals surface area contributed by atoms with Gasteiger partial charge in [0.1, 0.15) is 0 Å². The predicted molar refractivity (Wildman–Crippen MR) is 72.0 cm³/mol. The summed E-state index contributed by atoms with van der Waals surface area (Å²) in [6.45, 7) is 7.98. The molecule has 100 valence electrons. The maximum absolute atomic E-state index is 11.3. The first-order chi connectivity index (χ1) is 7.73. The highest BCUT2D eigenvalue weighted by atomic mass is 16.3. The smallest absolute Gasteiger partial charge is 0.0754 e. The highest BCUT2D eigenvalue weighted by Gasteiger charge is 2.67. The van der Waals surface area contributed by atoms with Crippen molar-refractivity contribution < 1.29 is 5.11 Å². The molecule has 0 aromatic heterocycles. The van der Waals surface area contributed by atoms with Crippen LogP contribution in [0.15, 0.2) is 0 Å². The quantitative estimate of drug-likeness (QED) is 0.815. The molecule has 3 atom stereocenters. The van der Waals surface area contributed by atoms with Crippen LogP contribution in [-0.2, 0) is 0 Å². The van der Waals surface area contributed by atoms with Crippen molar-refractivity contribution in [3.05, 3.63) is 0 Å². The third-order valence-electron chi connectivity index (χ3n) is 5.97. The summed E-state index contributed by atoms with van der Waals surface area (Å²) in [5.41, 5.74) is -0.168. The lowest BCUT2D eigenvalue weighted by Crippen LogP contribution is -2.54. The Hall–Kier alpha value is -0.0800. The van der Waals surface area contributed by atoms with E-state index >= 15 is 0 Å². The lowest BCUT2D eigenvalue weighted by atomic mass is 9.59. The van der Waals surface area contributed by atoms with E-state index in [-0.39, 0.29) is 10.8 Å². The molecule has 0 amide bonds.